The Morgan fingerprint density at radius 3 is 2.27 bits per heavy atom. The first kappa shape index (κ1) is 19.1. The molecule has 2 fully saturated rings. The van der Waals surface area contributed by atoms with E-state index in [2.05, 4.69) is 58.2 Å². The smallest absolute Gasteiger partial charge is 0.223 e. The van der Waals surface area contributed by atoms with E-state index in [0.29, 0.717) is 12.3 Å². The van der Waals surface area contributed by atoms with Crippen molar-refractivity contribution in [3.05, 3.63) is 42.0 Å². The molecule has 142 valence electrons. The molecule has 0 atom stereocenters. The van der Waals surface area contributed by atoms with Crippen molar-refractivity contribution >= 4 is 12.0 Å². The largest absolute Gasteiger partial charge is 0.340 e. The maximum Gasteiger partial charge on any atom is 0.223 e. The van der Waals surface area contributed by atoms with Gasteiger partial charge in [0.25, 0.3) is 0 Å². The molecule has 0 aliphatic carbocycles. The Bertz CT molecular complexity index is 573. The molecule has 0 spiro atoms. The number of benzene rings is 1. The van der Waals surface area contributed by atoms with Gasteiger partial charge < -0.3 is 14.7 Å². The van der Waals surface area contributed by atoms with Crippen LogP contribution in [0, 0.1) is 0 Å². The van der Waals surface area contributed by atoms with E-state index in [1.807, 2.05) is 11.0 Å². The minimum atomic E-state index is 0.325. The molecule has 3 rings (SSSR count). The zero-order chi connectivity index (χ0) is 18.2. The van der Waals surface area contributed by atoms with Crippen LogP contribution in [0.4, 0.5) is 0 Å². The Balaban J connectivity index is 1.31. The zero-order valence-electron chi connectivity index (χ0n) is 16.0. The zero-order valence-corrected chi connectivity index (χ0v) is 16.0. The molecular weight excluding hydrogens is 324 g/mol. The maximum absolute atomic E-state index is 12.3. The van der Waals surface area contributed by atoms with Gasteiger partial charge in [-0.05, 0) is 12.6 Å². The van der Waals surface area contributed by atoms with Crippen molar-refractivity contribution < 1.29 is 4.79 Å². The summed E-state index contributed by atoms with van der Waals surface area (Å²) in [7, 11) is 2.12. The number of hydrogen-bond acceptors (Lipinski definition) is 4. The molecule has 1 aromatic rings. The monoisotopic (exact) mass is 356 g/mol. The van der Waals surface area contributed by atoms with Crippen molar-refractivity contribution in [3.63, 3.8) is 0 Å². The molecule has 0 saturated carbocycles. The van der Waals surface area contributed by atoms with Gasteiger partial charge in [-0.3, -0.25) is 9.69 Å². The van der Waals surface area contributed by atoms with Crippen LogP contribution >= 0.6 is 0 Å². The van der Waals surface area contributed by atoms with Crippen molar-refractivity contribution in [1.82, 2.24) is 19.6 Å². The van der Waals surface area contributed by atoms with Crippen LogP contribution in [0.25, 0.3) is 6.08 Å². The summed E-state index contributed by atoms with van der Waals surface area (Å²) >= 11 is 0. The molecule has 5 nitrogen and oxygen atoms in total. The first-order chi connectivity index (χ1) is 12.7. The molecule has 0 N–H and O–H groups in total. The number of hydrogen-bond donors (Lipinski definition) is 0. The van der Waals surface area contributed by atoms with Crippen molar-refractivity contribution in [2.45, 2.75) is 6.42 Å². The Morgan fingerprint density at radius 2 is 1.58 bits per heavy atom. The minimum Gasteiger partial charge on any atom is -0.340 e. The van der Waals surface area contributed by atoms with Crippen molar-refractivity contribution in [2.75, 3.05) is 72.5 Å². The fraction of sp³-hybridized carbons (Fsp3) is 0.571. The summed E-state index contributed by atoms with van der Waals surface area (Å²) in [5.41, 5.74) is 1.26. The van der Waals surface area contributed by atoms with Crippen LogP contribution in [0.3, 0.4) is 0 Å². The maximum atomic E-state index is 12.3. The van der Waals surface area contributed by atoms with Gasteiger partial charge in [0.05, 0.1) is 0 Å². The predicted molar refractivity (Wildman–Crippen MR) is 107 cm³/mol. The van der Waals surface area contributed by atoms with E-state index in [4.69, 9.17) is 0 Å². The lowest BCUT2D eigenvalue weighted by Gasteiger charge is -2.35. The van der Waals surface area contributed by atoms with Crippen molar-refractivity contribution in [1.29, 1.82) is 0 Å². The third-order valence-corrected chi connectivity index (χ3v) is 5.44. The summed E-state index contributed by atoms with van der Waals surface area (Å²) in [5, 5.41) is 0. The normalized spacial score (nSPS) is 20.7. The number of amides is 1. The number of carbonyl (C=O) groups excluding carboxylic acids is 1. The minimum absolute atomic E-state index is 0.325. The van der Waals surface area contributed by atoms with Crippen LogP contribution in [-0.4, -0.2) is 98.0 Å². The molecule has 1 amide bonds. The van der Waals surface area contributed by atoms with Gasteiger partial charge in [0.1, 0.15) is 0 Å². The van der Waals surface area contributed by atoms with Crippen LogP contribution in [0.5, 0.6) is 0 Å². The van der Waals surface area contributed by atoms with E-state index < -0.39 is 0 Å². The van der Waals surface area contributed by atoms with Crippen LogP contribution in [0.2, 0.25) is 0 Å². The summed E-state index contributed by atoms with van der Waals surface area (Å²) < 4.78 is 0. The fourth-order valence-electron chi connectivity index (χ4n) is 3.57. The Morgan fingerprint density at radius 1 is 0.923 bits per heavy atom. The molecule has 0 radical (unpaired) electrons. The predicted octanol–water partition coefficient (Wildman–Crippen LogP) is 1.48. The lowest BCUT2D eigenvalue weighted by molar-refractivity contribution is -0.133. The highest BCUT2D eigenvalue weighted by Gasteiger charge is 2.21. The average Bonchev–Trinajstić information content (AvgIpc) is 2.68. The third kappa shape index (κ3) is 5.94. The van der Waals surface area contributed by atoms with Gasteiger partial charge in [-0.15, -0.1) is 0 Å². The van der Waals surface area contributed by atoms with Gasteiger partial charge in [0.15, 0.2) is 0 Å². The van der Waals surface area contributed by atoms with Crippen LogP contribution in [0.15, 0.2) is 36.4 Å². The van der Waals surface area contributed by atoms with Crippen LogP contribution in [-0.2, 0) is 4.79 Å². The van der Waals surface area contributed by atoms with Crippen LogP contribution < -0.4 is 0 Å². The van der Waals surface area contributed by atoms with Crippen molar-refractivity contribution in [2.24, 2.45) is 0 Å². The van der Waals surface area contributed by atoms with Gasteiger partial charge in [0.2, 0.25) is 5.91 Å². The Labute approximate surface area is 157 Å². The number of nitrogens with zero attached hydrogens (tertiary/aromatic N) is 4. The standard InChI is InChI=1S/C21H32N4O/c1-22-12-18-25(19-13-22)21(26)9-11-24-16-14-23(15-17-24)10-5-8-20-6-3-2-4-7-20/h2-8H,9-19H2,1H3/b8-5+. The fourth-order valence-corrected chi connectivity index (χ4v) is 3.57. The van der Waals surface area contributed by atoms with Gasteiger partial charge in [0, 0.05) is 71.9 Å². The van der Waals surface area contributed by atoms with Crippen molar-refractivity contribution in [3.8, 4) is 0 Å². The van der Waals surface area contributed by atoms with E-state index in [-0.39, 0.29) is 0 Å². The van der Waals surface area contributed by atoms with Gasteiger partial charge in [-0.1, -0.05) is 42.5 Å². The number of rotatable bonds is 6. The van der Waals surface area contributed by atoms with E-state index >= 15 is 0 Å². The molecule has 0 aromatic heterocycles. The molecule has 2 aliphatic heterocycles. The highest BCUT2D eigenvalue weighted by atomic mass is 16.2. The first-order valence-electron chi connectivity index (χ1n) is 9.83. The Kier molecular flexibility index (Phi) is 7.23. The highest BCUT2D eigenvalue weighted by molar-refractivity contribution is 5.76. The summed E-state index contributed by atoms with van der Waals surface area (Å²) in [6, 6.07) is 10.5. The number of carbonyl (C=O) groups is 1. The lowest BCUT2D eigenvalue weighted by atomic mass is 10.2. The summed E-state index contributed by atoms with van der Waals surface area (Å²) in [4.78, 5) is 21.6. The molecule has 2 heterocycles. The summed E-state index contributed by atoms with van der Waals surface area (Å²) in [5.74, 6) is 0.325. The molecule has 2 saturated heterocycles. The molecule has 2 aliphatic rings. The quantitative estimate of drug-likeness (QED) is 0.772. The summed E-state index contributed by atoms with van der Waals surface area (Å²) in [6.07, 6.45) is 5.11. The van der Waals surface area contributed by atoms with E-state index in [9.17, 15) is 4.79 Å². The highest BCUT2D eigenvalue weighted by Crippen LogP contribution is 2.07. The van der Waals surface area contributed by atoms with Gasteiger partial charge in [-0.2, -0.15) is 0 Å². The molecule has 5 heteroatoms. The second-order valence-corrected chi connectivity index (χ2v) is 7.39. The van der Waals surface area contributed by atoms with E-state index in [0.717, 1.165) is 65.4 Å². The molecule has 1 aromatic carbocycles. The second-order valence-electron chi connectivity index (χ2n) is 7.39. The molecule has 0 bridgehead atoms. The molecule has 26 heavy (non-hydrogen) atoms. The molecular formula is C21H32N4O. The third-order valence-electron chi connectivity index (χ3n) is 5.44. The van der Waals surface area contributed by atoms with Crippen LogP contribution in [0.1, 0.15) is 12.0 Å². The molecule has 0 unspecified atom stereocenters. The topological polar surface area (TPSA) is 30.0 Å². The number of piperazine rings is 2. The summed E-state index contributed by atoms with van der Waals surface area (Å²) in [6.45, 7) is 9.98. The van der Waals surface area contributed by atoms with Gasteiger partial charge in [-0.25, -0.2) is 0 Å². The first-order valence-corrected chi connectivity index (χ1v) is 9.83. The van der Waals surface area contributed by atoms with E-state index in [1.54, 1.807) is 0 Å². The number of likely N-dealkylation sites (N-methyl/N-ethyl adjacent to an activating group) is 1. The SMILES string of the molecule is CN1CCN(C(=O)CCN2CCN(C/C=C/c3ccccc3)CC2)CC1. The lowest BCUT2D eigenvalue weighted by Crippen LogP contribution is -2.49. The second kappa shape index (κ2) is 9.86. The van der Waals surface area contributed by atoms with Gasteiger partial charge >= 0.3 is 0 Å². The average molecular weight is 357 g/mol. The van der Waals surface area contributed by atoms with E-state index in [1.165, 1.54) is 5.56 Å². The Hall–Kier alpha value is -1.69.